The third-order valence-corrected chi connectivity index (χ3v) is 6.50. The summed E-state index contributed by atoms with van der Waals surface area (Å²) in [6.45, 7) is 7.15. The summed E-state index contributed by atoms with van der Waals surface area (Å²) in [4.78, 5) is 2.18. The van der Waals surface area contributed by atoms with E-state index in [9.17, 15) is 0 Å². The Morgan fingerprint density at radius 2 is 1.67 bits per heavy atom. The van der Waals surface area contributed by atoms with Gasteiger partial charge in [0.2, 0.25) is 0 Å². The monoisotopic (exact) mass is 297 g/mol. The van der Waals surface area contributed by atoms with Crippen LogP contribution in [0.3, 0.4) is 0 Å². The van der Waals surface area contributed by atoms with Gasteiger partial charge in [-0.05, 0) is 43.5 Å². The van der Waals surface area contributed by atoms with E-state index >= 15 is 0 Å². The molecular formula is C18H23NOSi. The summed E-state index contributed by atoms with van der Waals surface area (Å²) in [7, 11) is 1.96. The van der Waals surface area contributed by atoms with E-state index in [2.05, 4.69) is 56.4 Å². The lowest BCUT2D eigenvalue weighted by Gasteiger charge is -2.28. The van der Waals surface area contributed by atoms with E-state index in [-0.39, 0.29) is 0 Å². The summed E-state index contributed by atoms with van der Waals surface area (Å²) >= 11 is 0. The Morgan fingerprint density at radius 1 is 1.05 bits per heavy atom. The summed E-state index contributed by atoms with van der Waals surface area (Å²) in [5.41, 5.74) is 3.32. The van der Waals surface area contributed by atoms with Crippen molar-refractivity contribution >= 4 is 13.5 Å². The van der Waals surface area contributed by atoms with Crippen LogP contribution in [0, 0.1) is 0 Å². The van der Waals surface area contributed by atoms with Crippen LogP contribution >= 0.6 is 0 Å². The van der Waals surface area contributed by atoms with Crippen molar-refractivity contribution in [1.82, 2.24) is 4.90 Å². The summed E-state index contributed by atoms with van der Waals surface area (Å²) in [6, 6.07) is 18.5. The second-order valence-electron chi connectivity index (χ2n) is 5.62. The molecule has 21 heavy (non-hydrogen) atoms. The number of rotatable bonds is 6. The summed E-state index contributed by atoms with van der Waals surface area (Å²) < 4.78 is 6.36. The first-order valence-corrected chi connectivity index (χ1v) is 9.64. The van der Waals surface area contributed by atoms with E-state index in [0.717, 1.165) is 12.3 Å². The molecule has 0 saturated heterocycles. The van der Waals surface area contributed by atoms with Crippen molar-refractivity contribution in [3.8, 4) is 5.75 Å². The summed E-state index contributed by atoms with van der Waals surface area (Å²) in [5.74, 6) is 0.909. The van der Waals surface area contributed by atoms with Crippen molar-refractivity contribution in [2.45, 2.75) is 13.1 Å². The third kappa shape index (κ3) is 3.83. The molecule has 2 aromatic rings. The van der Waals surface area contributed by atoms with E-state index in [0.29, 0.717) is 0 Å². The van der Waals surface area contributed by atoms with Crippen molar-refractivity contribution in [3.63, 3.8) is 0 Å². The molecule has 1 atom stereocenters. The lowest BCUT2D eigenvalue weighted by Crippen LogP contribution is -2.51. The normalized spacial score (nSPS) is 13.7. The predicted molar refractivity (Wildman–Crippen MR) is 92.4 cm³/mol. The molecule has 0 N–H and O–H groups in total. The molecule has 0 fully saturated rings. The van der Waals surface area contributed by atoms with Gasteiger partial charge in [0, 0.05) is 6.54 Å². The first-order valence-electron chi connectivity index (χ1n) is 7.16. The highest BCUT2D eigenvalue weighted by Crippen LogP contribution is 2.18. The molecule has 0 amide bonds. The van der Waals surface area contributed by atoms with Gasteiger partial charge in [-0.1, -0.05) is 48.2 Å². The van der Waals surface area contributed by atoms with Gasteiger partial charge in [-0.15, -0.1) is 6.58 Å². The van der Waals surface area contributed by atoms with E-state index in [1.807, 2.05) is 36.0 Å². The van der Waals surface area contributed by atoms with Gasteiger partial charge in [0.25, 0.3) is 0 Å². The molecule has 3 heteroatoms. The van der Waals surface area contributed by atoms with Gasteiger partial charge in [0.05, 0.1) is 0 Å². The zero-order valence-electron chi connectivity index (χ0n) is 13.0. The number of benzene rings is 2. The van der Waals surface area contributed by atoms with Gasteiger partial charge in [-0.2, -0.15) is 0 Å². The minimum Gasteiger partial charge on any atom is -0.535 e. The molecule has 0 radical (unpaired) electrons. The Labute approximate surface area is 128 Å². The van der Waals surface area contributed by atoms with Crippen LogP contribution in [0.25, 0.3) is 0 Å². The molecule has 0 aliphatic heterocycles. The van der Waals surface area contributed by atoms with Crippen molar-refractivity contribution in [2.24, 2.45) is 0 Å². The summed E-state index contributed by atoms with van der Waals surface area (Å²) in [6.07, 6.45) is 0. The zero-order valence-corrected chi connectivity index (χ0v) is 14.0. The SMILES string of the molecule is C=C[Si](C)(Oc1ccccc1)c1ccccc1CN(C)C. The van der Waals surface area contributed by atoms with Crippen LogP contribution in [0.1, 0.15) is 5.56 Å². The van der Waals surface area contributed by atoms with Crippen LogP contribution in [0.2, 0.25) is 6.55 Å². The van der Waals surface area contributed by atoms with Crippen LogP contribution < -0.4 is 9.61 Å². The number of nitrogens with zero attached hydrogens (tertiary/aromatic N) is 1. The highest BCUT2D eigenvalue weighted by molar-refractivity contribution is 6.90. The Morgan fingerprint density at radius 3 is 2.29 bits per heavy atom. The van der Waals surface area contributed by atoms with Gasteiger partial charge in [0.15, 0.2) is 0 Å². The van der Waals surface area contributed by atoms with Crippen molar-refractivity contribution in [3.05, 3.63) is 72.4 Å². The summed E-state index contributed by atoms with van der Waals surface area (Å²) in [5, 5.41) is 1.29. The minimum atomic E-state index is -2.21. The molecule has 0 saturated carbocycles. The van der Waals surface area contributed by atoms with Crippen molar-refractivity contribution < 1.29 is 4.43 Å². The van der Waals surface area contributed by atoms with Crippen molar-refractivity contribution in [1.29, 1.82) is 0 Å². The molecule has 2 aromatic carbocycles. The van der Waals surface area contributed by atoms with E-state index in [4.69, 9.17) is 4.43 Å². The van der Waals surface area contributed by atoms with Gasteiger partial charge in [0.1, 0.15) is 5.75 Å². The maximum atomic E-state index is 6.36. The Hall–Kier alpha value is -1.84. The molecule has 0 bridgehead atoms. The van der Waals surface area contributed by atoms with Crippen molar-refractivity contribution in [2.75, 3.05) is 14.1 Å². The molecule has 0 aliphatic rings. The van der Waals surface area contributed by atoms with Crippen LogP contribution in [0.5, 0.6) is 5.75 Å². The average molecular weight is 297 g/mol. The van der Waals surface area contributed by atoms with Crippen LogP contribution in [0.15, 0.2) is 66.9 Å². The molecule has 0 aromatic heterocycles. The Bertz CT molecular complexity index is 597. The van der Waals surface area contributed by atoms with Gasteiger partial charge >= 0.3 is 8.32 Å². The first kappa shape index (κ1) is 15.5. The number of para-hydroxylation sites is 1. The fourth-order valence-electron chi connectivity index (χ4n) is 2.42. The predicted octanol–water partition coefficient (Wildman–Crippen LogP) is 3.33. The minimum absolute atomic E-state index is 0.907. The van der Waals surface area contributed by atoms with Gasteiger partial charge in [-0.25, -0.2) is 0 Å². The highest BCUT2D eigenvalue weighted by atomic mass is 28.4. The van der Waals surface area contributed by atoms with Crippen LogP contribution in [-0.2, 0) is 6.54 Å². The molecule has 1 unspecified atom stereocenters. The Kier molecular flexibility index (Phi) is 4.99. The topological polar surface area (TPSA) is 12.5 Å². The smallest absolute Gasteiger partial charge is 0.304 e. The Balaban J connectivity index is 2.38. The standard InChI is InChI=1S/C18H23NOSi/c1-5-21(4,20-17-12-7-6-8-13-17)18-14-10-9-11-16(18)15-19(2)3/h5-14H,1,15H2,2-4H3. The second kappa shape index (κ2) is 6.74. The third-order valence-electron chi connectivity index (χ3n) is 3.50. The molecular weight excluding hydrogens is 274 g/mol. The molecule has 0 aliphatic carbocycles. The number of hydrogen-bond acceptors (Lipinski definition) is 2. The molecule has 2 rings (SSSR count). The van der Waals surface area contributed by atoms with Gasteiger partial charge < -0.3 is 9.33 Å². The molecule has 110 valence electrons. The maximum absolute atomic E-state index is 6.36. The fourth-order valence-corrected chi connectivity index (χ4v) is 4.69. The number of hydrogen-bond donors (Lipinski definition) is 0. The lowest BCUT2D eigenvalue weighted by atomic mass is 10.2. The largest absolute Gasteiger partial charge is 0.535 e. The lowest BCUT2D eigenvalue weighted by molar-refractivity contribution is 0.403. The molecule has 0 heterocycles. The molecule has 0 spiro atoms. The first-order chi connectivity index (χ1) is 10.0. The van der Waals surface area contributed by atoms with Crippen LogP contribution in [-0.4, -0.2) is 27.3 Å². The van der Waals surface area contributed by atoms with Gasteiger partial charge in [-0.3, -0.25) is 0 Å². The quantitative estimate of drug-likeness (QED) is 0.758. The van der Waals surface area contributed by atoms with E-state index < -0.39 is 8.32 Å². The van der Waals surface area contributed by atoms with Crippen LogP contribution in [0.4, 0.5) is 0 Å². The fraction of sp³-hybridized carbons (Fsp3) is 0.222. The maximum Gasteiger partial charge on any atom is 0.304 e. The average Bonchev–Trinajstić information content (AvgIpc) is 2.48. The second-order valence-corrected chi connectivity index (χ2v) is 8.99. The highest BCUT2D eigenvalue weighted by Gasteiger charge is 2.32. The molecule has 2 nitrogen and oxygen atoms in total. The van der Waals surface area contributed by atoms with E-state index in [1.54, 1.807) is 0 Å². The zero-order chi connectivity index (χ0) is 15.3. The van der Waals surface area contributed by atoms with E-state index in [1.165, 1.54) is 10.8 Å².